The van der Waals surface area contributed by atoms with E-state index in [0.29, 0.717) is 24.9 Å². The Balaban J connectivity index is 2.07. The molecule has 1 heterocycles. The van der Waals surface area contributed by atoms with Crippen molar-refractivity contribution in [2.24, 2.45) is 0 Å². The molecule has 20 heavy (non-hydrogen) atoms. The van der Waals surface area contributed by atoms with Crippen LogP contribution in [0.4, 0.5) is 5.69 Å². The molecule has 108 valence electrons. The molecular formula is C14H18N2O3S. The van der Waals surface area contributed by atoms with Gasteiger partial charge < -0.3 is 10.7 Å². The van der Waals surface area contributed by atoms with E-state index in [-0.39, 0.29) is 5.75 Å². The van der Waals surface area contributed by atoms with E-state index < -0.39 is 10.1 Å². The van der Waals surface area contributed by atoms with Crippen LogP contribution in [0, 0.1) is 0 Å². The molecule has 6 heteroatoms. The lowest BCUT2D eigenvalue weighted by Crippen LogP contribution is -2.04. The zero-order valence-corrected chi connectivity index (χ0v) is 11.9. The van der Waals surface area contributed by atoms with E-state index in [1.165, 1.54) is 0 Å². The first-order valence-electron chi connectivity index (χ1n) is 6.43. The Bertz CT molecular complexity index is 663. The van der Waals surface area contributed by atoms with Crippen LogP contribution in [0.2, 0.25) is 0 Å². The maximum absolute atomic E-state index is 10.7. The zero-order chi connectivity index (χ0) is 14.6. The molecule has 0 aliphatic carbocycles. The molecule has 2 rings (SSSR count). The molecule has 0 bridgehead atoms. The molecule has 0 saturated heterocycles. The highest BCUT2D eigenvalue weighted by Crippen LogP contribution is 2.30. The van der Waals surface area contributed by atoms with Crippen molar-refractivity contribution in [1.29, 1.82) is 0 Å². The van der Waals surface area contributed by atoms with Gasteiger partial charge in [-0.25, -0.2) is 0 Å². The Hall–Kier alpha value is -1.79. The van der Waals surface area contributed by atoms with Crippen LogP contribution in [0.5, 0.6) is 0 Å². The normalized spacial score (nSPS) is 11.7. The lowest BCUT2D eigenvalue weighted by atomic mass is 10.0. The molecule has 0 spiro atoms. The molecule has 0 aliphatic heterocycles. The van der Waals surface area contributed by atoms with E-state index in [1.54, 1.807) is 6.20 Å². The van der Waals surface area contributed by atoms with E-state index in [0.717, 1.165) is 16.8 Å². The van der Waals surface area contributed by atoms with E-state index in [9.17, 15) is 8.42 Å². The molecule has 0 aliphatic rings. The smallest absolute Gasteiger partial charge is 0.264 e. The predicted molar refractivity (Wildman–Crippen MR) is 80.0 cm³/mol. The summed E-state index contributed by atoms with van der Waals surface area (Å²) in [4.78, 5) is 3.13. The third kappa shape index (κ3) is 3.85. The van der Waals surface area contributed by atoms with Crippen molar-refractivity contribution in [2.75, 3.05) is 11.5 Å². The summed E-state index contributed by atoms with van der Waals surface area (Å²) in [6.45, 7) is 0. The van der Waals surface area contributed by atoms with Gasteiger partial charge in [0.15, 0.2) is 0 Å². The number of aromatic nitrogens is 1. The topological polar surface area (TPSA) is 96.2 Å². The maximum Gasteiger partial charge on any atom is 0.264 e. The number of nitrogen functional groups attached to an aromatic ring is 1. The standard InChI is InChI=1S/C14H18N2O3S/c15-12-10-16-13(8-4-5-9-20(17,18)19)14(12)11-6-2-1-3-7-11/h1-3,6-7,10,16H,4-5,8-9,15H2,(H,17,18,19). The van der Waals surface area contributed by atoms with E-state index in [1.807, 2.05) is 30.3 Å². The highest BCUT2D eigenvalue weighted by Gasteiger charge is 2.11. The Morgan fingerprint density at radius 2 is 1.85 bits per heavy atom. The van der Waals surface area contributed by atoms with Crippen molar-refractivity contribution in [3.05, 3.63) is 42.2 Å². The first-order valence-corrected chi connectivity index (χ1v) is 8.04. The number of hydrogen-bond donors (Lipinski definition) is 3. The van der Waals surface area contributed by atoms with Crippen molar-refractivity contribution in [2.45, 2.75) is 19.3 Å². The minimum atomic E-state index is -3.87. The molecular weight excluding hydrogens is 276 g/mol. The average Bonchev–Trinajstić information content (AvgIpc) is 2.76. The van der Waals surface area contributed by atoms with Crippen LogP contribution in [0.15, 0.2) is 36.5 Å². The first-order chi connectivity index (χ1) is 9.47. The number of hydrogen-bond acceptors (Lipinski definition) is 3. The van der Waals surface area contributed by atoms with Crippen LogP contribution in [-0.4, -0.2) is 23.7 Å². The fourth-order valence-electron chi connectivity index (χ4n) is 2.21. The summed E-state index contributed by atoms with van der Waals surface area (Å²) in [7, 11) is -3.87. The summed E-state index contributed by atoms with van der Waals surface area (Å²) in [5.74, 6) is -0.205. The number of H-pyrrole nitrogens is 1. The Kier molecular flexibility index (Phi) is 4.46. The number of benzene rings is 1. The number of rotatable bonds is 6. The van der Waals surface area contributed by atoms with Gasteiger partial charge in [-0.15, -0.1) is 0 Å². The zero-order valence-electron chi connectivity index (χ0n) is 11.0. The van der Waals surface area contributed by atoms with Gasteiger partial charge in [0, 0.05) is 17.5 Å². The van der Waals surface area contributed by atoms with Gasteiger partial charge in [-0.3, -0.25) is 4.55 Å². The Labute approximate surface area is 118 Å². The van der Waals surface area contributed by atoms with Crippen molar-refractivity contribution < 1.29 is 13.0 Å². The van der Waals surface area contributed by atoms with Gasteiger partial charge in [-0.1, -0.05) is 30.3 Å². The quantitative estimate of drug-likeness (QED) is 0.563. The molecule has 4 N–H and O–H groups in total. The largest absolute Gasteiger partial charge is 0.397 e. The number of aromatic amines is 1. The molecule has 1 aromatic carbocycles. The lowest BCUT2D eigenvalue weighted by molar-refractivity contribution is 0.480. The van der Waals surface area contributed by atoms with E-state index in [2.05, 4.69) is 4.98 Å². The number of anilines is 1. The summed E-state index contributed by atoms with van der Waals surface area (Å²) >= 11 is 0. The van der Waals surface area contributed by atoms with Crippen LogP contribution in [0.3, 0.4) is 0 Å². The predicted octanol–water partition coefficient (Wildman–Crippen LogP) is 2.47. The average molecular weight is 294 g/mol. The highest BCUT2D eigenvalue weighted by molar-refractivity contribution is 7.85. The lowest BCUT2D eigenvalue weighted by Gasteiger charge is -2.06. The van der Waals surface area contributed by atoms with Gasteiger partial charge in [0.2, 0.25) is 0 Å². The molecule has 2 aromatic rings. The molecule has 0 atom stereocenters. The van der Waals surface area contributed by atoms with Crippen LogP contribution >= 0.6 is 0 Å². The summed E-state index contributed by atoms with van der Waals surface area (Å²) in [5, 5.41) is 0. The third-order valence-electron chi connectivity index (χ3n) is 3.13. The Morgan fingerprint density at radius 3 is 2.50 bits per heavy atom. The van der Waals surface area contributed by atoms with Crippen LogP contribution in [-0.2, 0) is 16.5 Å². The minimum Gasteiger partial charge on any atom is -0.397 e. The van der Waals surface area contributed by atoms with Crippen LogP contribution in [0.1, 0.15) is 18.5 Å². The van der Waals surface area contributed by atoms with Gasteiger partial charge in [0.1, 0.15) is 0 Å². The van der Waals surface area contributed by atoms with Crippen molar-refractivity contribution in [3.63, 3.8) is 0 Å². The second kappa shape index (κ2) is 6.11. The summed E-state index contributed by atoms with van der Waals surface area (Å²) in [6, 6.07) is 9.81. The number of nitrogens with one attached hydrogen (secondary N) is 1. The second-order valence-corrected chi connectivity index (χ2v) is 6.28. The van der Waals surface area contributed by atoms with Crippen LogP contribution < -0.4 is 5.73 Å². The molecule has 0 radical (unpaired) electrons. The first kappa shape index (κ1) is 14.6. The highest BCUT2D eigenvalue weighted by atomic mass is 32.2. The summed E-state index contributed by atoms with van der Waals surface area (Å²) < 4.78 is 30.0. The fraction of sp³-hybridized carbons (Fsp3) is 0.286. The molecule has 1 aromatic heterocycles. The fourth-order valence-corrected chi connectivity index (χ4v) is 2.78. The molecule has 0 saturated carbocycles. The maximum atomic E-state index is 10.7. The van der Waals surface area contributed by atoms with Crippen molar-refractivity contribution >= 4 is 15.8 Å². The summed E-state index contributed by atoms with van der Waals surface area (Å²) in [6.07, 6.45) is 3.53. The molecule has 5 nitrogen and oxygen atoms in total. The van der Waals surface area contributed by atoms with E-state index >= 15 is 0 Å². The molecule has 0 unspecified atom stereocenters. The molecule has 0 amide bonds. The Morgan fingerprint density at radius 1 is 1.15 bits per heavy atom. The van der Waals surface area contributed by atoms with Gasteiger partial charge >= 0.3 is 0 Å². The number of nitrogens with two attached hydrogens (primary N) is 1. The van der Waals surface area contributed by atoms with Crippen LogP contribution in [0.25, 0.3) is 11.1 Å². The van der Waals surface area contributed by atoms with Crippen molar-refractivity contribution in [3.8, 4) is 11.1 Å². The summed E-state index contributed by atoms with van der Waals surface area (Å²) in [5.41, 5.74) is 9.66. The monoisotopic (exact) mass is 294 g/mol. The third-order valence-corrected chi connectivity index (χ3v) is 3.94. The van der Waals surface area contributed by atoms with Gasteiger partial charge in [-0.2, -0.15) is 8.42 Å². The second-order valence-electron chi connectivity index (χ2n) is 4.71. The number of unbranched alkanes of at least 4 members (excludes halogenated alkanes) is 1. The minimum absolute atomic E-state index is 0.205. The molecule has 0 fully saturated rings. The van der Waals surface area contributed by atoms with Gasteiger partial charge in [0.25, 0.3) is 10.1 Å². The number of aryl methyl sites for hydroxylation is 1. The van der Waals surface area contributed by atoms with Gasteiger partial charge in [0.05, 0.1) is 11.4 Å². The van der Waals surface area contributed by atoms with E-state index in [4.69, 9.17) is 10.3 Å². The SMILES string of the molecule is Nc1c[nH]c(CCCCS(=O)(=O)O)c1-c1ccccc1. The van der Waals surface area contributed by atoms with Crippen molar-refractivity contribution in [1.82, 2.24) is 4.98 Å². The van der Waals surface area contributed by atoms with Gasteiger partial charge in [-0.05, 0) is 24.8 Å².